The fraction of sp³-hybridized carbons (Fsp3) is 0.0833. The Labute approximate surface area is 97.6 Å². The third-order valence-corrected chi connectivity index (χ3v) is 2.72. The van der Waals surface area contributed by atoms with Crippen LogP contribution in [0.15, 0.2) is 30.3 Å². The van der Waals surface area contributed by atoms with Crippen molar-refractivity contribution in [2.75, 3.05) is 12.8 Å². The van der Waals surface area contributed by atoms with E-state index in [4.69, 9.17) is 10.5 Å². The van der Waals surface area contributed by atoms with Crippen molar-refractivity contribution in [3.05, 3.63) is 30.3 Å². The van der Waals surface area contributed by atoms with E-state index >= 15 is 0 Å². The maximum Gasteiger partial charge on any atom is 0.145 e. The van der Waals surface area contributed by atoms with Gasteiger partial charge >= 0.3 is 0 Å². The first-order chi connectivity index (χ1) is 8.26. The van der Waals surface area contributed by atoms with Gasteiger partial charge in [-0.2, -0.15) is 5.10 Å². The van der Waals surface area contributed by atoms with Crippen molar-refractivity contribution >= 4 is 16.7 Å². The summed E-state index contributed by atoms with van der Waals surface area (Å²) in [6.07, 6.45) is 0. The number of nitrogens with zero attached hydrogens (tertiary/aromatic N) is 1. The van der Waals surface area contributed by atoms with Gasteiger partial charge in [0.1, 0.15) is 11.6 Å². The number of aromatic nitrogens is 3. The summed E-state index contributed by atoms with van der Waals surface area (Å²) >= 11 is 0. The van der Waals surface area contributed by atoms with Gasteiger partial charge < -0.3 is 15.5 Å². The minimum absolute atomic E-state index is 0.483. The van der Waals surface area contributed by atoms with Crippen LogP contribution in [0.5, 0.6) is 5.75 Å². The third-order valence-electron chi connectivity index (χ3n) is 2.72. The number of nitrogen functional groups attached to an aromatic ring is 1. The number of rotatable bonds is 2. The van der Waals surface area contributed by atoms with Gasteiger partial charge in [0.25, 0.3) is 0 Å². The lowest BCUT2D eigenvalue weighted by molar-refractivity contribution is 0.415. The summed E-state index contributed by atoms with van der Waals surface area (Å²) < 4.78 is 5.19. The third kappa shape index (κ3) is 1.61. The molecule has 5 heteroatoms. The topological polar surface area (TPSA) is 79.7 Å². The van der Waals surface area contributed by atoms with E-state index in [9.17, 15) is 0 Å². The molecule has 0 atom stereocenters. The van der Waals surface area contributed by atoms with Crippen LogP contribution in [-0.2, 0) is 0 Å². The van der Waals surface area contributed by atoms with Gasteiger partial charge in [0.15, 0.2) is 0 Å². The Morgan fingerprint density at radius 2 is 2.06 bits per heavy atom. The quantitative estimate of drug-likeness (QED) is 0.628. The zero-order chi connectivity index (χ0) is 11.8. The molecule has 17 heavy (non-hydrogen) atoms. The Bertz CT molecular complexity index is 668. The predicted molar refractivity (Wildman–Crippen MR) is 66.8 cm³/mol. The Balaban J connectivity index is 2.13. The molecule has 0 bridgehead atoms. The monoisotopic (exact) mass is 228 g/mol. The van der Waals surface area contributed by atoms with E-state index in [0.717, 1.165) is 28.0 Å². The van der Waals surface area contributed by atoms with Gasteiger partial charge in [0, 0.05) is 17.0 Å². The molecule has 0 saturated carbocycles. The van der Waals surface area contributed by atoms with Crippen molar-refractivity contribution in [2.45, 2.75) is 0 Å². The smallest absolute Gasteiger partial charge is 0.145 e. The SMILES string of the molecule is COc1ccc2[nH]c(-c3cc(N)n[nH]3)cc2c1. The van der Waals surface area contributed by atoms with E-state index in [1.165, 1.54) is 0 Å². The molecule has 0 aliphatic heterocycles. The lowest BCUT2D eigenvalue weighted by Gasteiger charge is -1.97. The second kappa shape index (κ2) is 3.55. The second-order valence-corrected chi connectivity index (χ2v) is 3.84. The summed E-state index contributed by atoms with van der Waals surface area (Å²) in [7, 11) is 1.66. The highest BCUT2D eigenvalue weighted by molar-refractivity contribution is 5.86. The molecule has 0 unspecified atom stereocenters. The normalized spacial score (nSPS) is 10.9. The summed E-state index contributed by atoms with van der Waals surface area (Å²) in [5.74, 6) is 1.32. The number of anilines is 1. The maximum absolute atomic E-state index is 5.58. The van der Waals surface area contributed by atoms with Crippen molar-refractivity contribution < 1.29 is 4.74 Å². The molecular formula is C12H12N4O. The van der Waals surface area contributed by atoms with Gasteiger partial charge in [-0.3, -0.25) is 5.10 Å². The molecule has 3 rings (SSSR count). The standard InChI is InChI=1S/C12H12N4O/c1-17-8-2-3-9-7(4-8)5-10(14-9)11-6-12(13)16-15-11/h2-6,14H,1H3,(H3,13,15,16). The summed E-state index contributed by atoms with van der Waals surface area (Å²) in [6, 6.07) is 9.71. The van der Waals surface area contributed by atoms with Crippen molar-refractivity contribution in [2.24, 2.45) is 0 Å². The van der Waals surface area contributed by atoms with Gasteiger partial charge in [-0.15, -0.1) is 0 Å². The second-order valence-electron chi connectivity index (χ2n) is 3.84. The number of nitrogens with two attached hydrogens (primary N) is 1. The summed E-state index contributed by atoms with van der Waals surface area (Å²) in [5, 5.41) is 7.87. The highest BCUT2D eigenvalue weighted by atomic mass is 16.5. The Kier molecular flexibility index (Phi) is 2.04. The summed E-state index contributed by atoms with van der Waals surface area (Å²) in [4.78, 5) is 3.29. The minimum atomic E-state index is 0.483. The molecule has 4 N–H and O–H groups in total. The molecule has 86 valence electrons. The van der Waals surface area contributed by atoms with E-state index in [1.807, 2.05) is 24.3 Å². The summed E-state index contributed by atoms with van der Waals surface area (Å²) in [6.45, 7) is 0. The van der Waals surface area contributed by atoms with Crippen molar-refractivity contribution in [3.8, 4) is 17.1 Å². The number of methoxy groups -OCH3 is 1. The van der Waals surface area contributed by atoms with Gasteiger partial charge in [0.2, 0.25) is 0 Å². The molecule has 0 saturated heterocycles. The van der Waals surface area contributed by atoms with Crippen LogP contribution in [0.4, 0.5) is 5.82 Å². The van der Waals surface area contributed by atoms with E-state index in [2.05, 4.69) is 15.2 Å². The predicted octanol–water partition coefficient (Wildman–Crippen LogP) is 2.15. The maximum atomic E-state index is 5.58. The van der Waals surface area contributed by atoms with E-state index in [1.54, 1.807) is 13.2 Å². The fourth-order valence-corrected chi connectivity index (χ4v) is 1.86. The van der Waals surface area contributed by atoms with Gasteiger partial charge in [-0.05, 0) is 24.3 Å². The first-order valence-corrected chi connectivity index (χ1v) is 5.24. The van der Waals surface area contributed by atoms with Crippen LogP contribution in [-0.4, -0.2) is 22.3 Å². The van der Waals surface area contributed by atoms with Crippen LogP contribution in [0, 0.1) is 0 Å². The zero-order valence-corrected chi connectivity index (χ0v) is 9.32. The number of ether oxygens (including phenoxy) is 1. The summed E-state index contributed by atoms with van der Waals surface area (Å²) in [5.41, 5.74) is 8.46. The molecule has 2 heterocycles. The van der Waals surface area contributed by atoms with Gasteiger partial charge in [-0.25, -0.2) is 0 Å². The van der Waals surface area contributed by atoms with E-state index < -0.39 is 0 Å². The Morgan fingerprint density at radius 3 is 2.76 bits per heavy atom. The lowest BCUT2D eigenvalue weighted by Crippen LogP contribution is -1.81. The molecule has 0 fully saturated rings. The van der Waals surface area contributed by atoms with Crippen LogP contribution in [0.1, 0.15) is 0 Å². The molecule has 0 spiro atoms. The van der Waals surface area contributed by atoms with E-state index in [-0.39, 0.29) is 0 Å². The molecule has 3 aromatic rings. The zero-order valence-electron chi connectivity index (χ0n) is 9.32. The van der Waals surface area contributed by atoms with Crippen LogP contribution >= 0.6 is 0 Å². The molecule has 0 radical (unpaired) electrons. The number of aromatic amines is 2. The van der Waals surface area contributed by atoms with Crippen molar-refractivity contribution in [1.82, 2.24) is 15.2 Å². The first kappa shape index (κ1) is 9.77. The molecule has 0 aliphatic rings. The lowest BCUT2D eigenvalue weighted by atomic mass is 10.2. The average Bonchev–Trinajstić information content (AvgIpc) is 2.93. The van der Waals surface area contributed by atoms with Crippen molar-refractivity contribution in [3.63, 3.8) is 0 Å². The molecule has 2 aromatic heterocycles. The molecule has 0 aliphatic carbocycles. The largest absolute Gasteiger partial charge is 0.497 e. The van der Waals surface area contributed by atoms with Crippen molar-refractivity contribution in [1.29, 1.82) is 0 Å². The van der Waals surface area contributed by atoms with Crippen LogP contribution in [0.25, 0.3) is 22.3 Å². The Morgan fingerprint density at radius 1 is 1.18 bits per heavy atom. The van der Waals surface area contributed by atoms with Crippen LogP contribution in [0.2, 0.25) is 0 Å². The number of hydrogen-bond acceptors (Lipinski definition) is 3. The van der Waals surface area contributed by atoms with E-state index in [0.29, 0.717) is 5.82 Å². The highest BCUT2D eigenvalue weighted by Gasteiger charge is 2.06. The molecule has 1 aromatic carbocycles. The highest BCUT2D eigenvalue weighted by Crippen LogP contribution is 2.26. The van der Waals surface area contributed by atoms with Crippen LogP contribution < -0.4 is 10.5 Å². The molecule has 0 amide bonds. The fourth-order valence-electron chi connectivity index (χ4n) is 1.86. The number of fused-ring (bicyclic) bond motifs is 1. The first-order valence-electron chi connectivity index (χ1n) is 5.24. The number of nitrogens with one attached hydrogen (secondary N) is 2. The number of benzene rings is 1. The van der Waals surface area contributed by atoms with Gasteiger partial charge in [0.05, 0.1) is 18.5 Å². The molecular weight excluding hydrogens is 216 g/mol. The van der Waals surface area contributed by atoms with Gasteiger partial charge in [-0.1, -0.05) is 0 Å². The number of H-pyrrole nitrogens is 2. The number of hydrogen-bond donors (Lipinski definition) is 3. The Hall–Kier alpha value is -2.43. The molecule has 5 nitrogen and oxygen atoms in total. The minimum Gasteiger partial charge on any atom is -0.497 e. The average molecular weight is 228 g/mol. The van der Waals surface area contributed by atoms with Crippen LogP contribution in [0.3, 0.4) is 0 Å².